The molecule has 0 spiro atoms. The van der Waals surface area contributed by atoms with Gasteiger partial charge in [0.15, 0.2) is 0 Å². The molecule has 1 heterocycles. The molecule has 1 saturated heterocycles. The van der Waals surface area contributed by atoms with E-state index in [1.165, 1.54) is 0 Å². The molecule has 4 heteroatoms. The first-order valence-corrected chi connectivity index (χ1v) is 4.59. The van der Waals surface area contributed by atoms with E-state index in [0.717, 1.165) is 13.1 Å². The third kappa shape index (κ3) is 1.93. The molecule has 0 radical (unpaired) electrons. The predicted molar refractivity (Wildman–Crippen MR) is 53.1 cm³/mol. The highest BCUT2D eigenvalue weighted by molar-refractivity contribution is 7.77. The number of thiol groups is 1. The summed E-state index contributed by atoms with van der Waals surface area (Å²) in [4.78, 5) is 0. The van der Waals surface area contributed by atoms with E-state index in [2.05, 4.69) is 26.7 Å². The van der Waals surface area contributed by atoms with Crippen LogP contribution in [-0.4, -0.2) is 36.7 Å². The highest BCUT2D eigenvalue weighted by Crippen LogP contribution is 2.31. The molecule has 0 aliphatic carbocycles. The Balaban J connectivity index is 2.71. The molecular weight excluding hydrogens is 172 g/mol. The van der Waals surface area contributed by atoms with Crippen LogP contribution in [0, 0.1) is 5.41 Å². The minimum absolute atomic E-state index is 0.0660. The Morgan fingerprint density at radius 2 is 2.17 bits per heavy atom. The van der Waals surface area contributed by atoms with Crippen molar-refractivity contribution >= 4 is 12.8 Å². The first-order valence-electron chi connectivity index (χ1n) is 4.19. The molecule has 2 unspecified atom stereocenters. The molecule has 2 N–H and O–H groups in total. The van der Waals surface area contributed by atoms with E-state index in [9.17, 15) is 0 Å². The number of rotatable bonds is 1. The van der Waals surface area contributed by atoms with Crippen LogP contribution in [0.15, 0.2) is 0 Å². The van der Waals surface area contributed by atoms with E-state index in [-0.39, 0.29) is 17.6 Å². The van der Waals surface area contributed by atoms with Gasteiger partial charge in [-0.2, -0.15) is 0 Å². The van der Waals surface area contributed by atoms with Gasteiger partial charge in [-0.05, 0) is 0 Å². The minimum atomic E-state index is 0.0660. The molecule has 1 aliphatic heterocycles. The van der Waals surface area contributed by atoms with Crippen LogP contribution in [0.25, 0.3) is 0 Å². The lowest BCUT2D eigenvalue weighted by molar-refractivity contribution is -0.0437. The van der Waals surface area contributed by atoms with Crippen molar-refractivity contribution in [3.05, 3.63) is 0 Å². The lowest BCUT2D eigenvalue weighted by atomic mass is 9.80. The highest BCUT2D eigenvalue weighted by Gasteiger charge is 2.40. The maximum absolute atomic E-state index is 5.94. The zero-order valence-corrected chi connectivity index (χ0v) is 8.84. The number of ether oxygens (including phenoxy) is 1. The monoisotopic (exact) mass is 190 g/mol. The first-order chi connectivity index (χ1) is 5.47. The van der Waals surface area contributed by atoms with E-state index in [4.69, 9.17) is 10.5 Å². The molecule has 0 bridgehead atoms. The van der Waals surface area contributed by atoms with Crippen LogP contribution in [0.4, 0.5) is 0 Å². The fraction of sp³-hybridized carbons (Fsp3) is 1.00. The summed E-state index contributed by atoms with van der Waals surface area (Å²) >= 11 is 4.31. The second-order valence-corrected chi connectivity index (χ2v) is 4.72. The number of nitrogens with two attached hydrogens (primary N) is 1. The highest BCUT2D eigenvalue weighted by atomic mass is 32.1. The van der Waals surface area contributed by atoms with Gasteiger partial charge in [-0.3, -0.25) is 4.31 Å². The van der Waals surface area contributed by atoms with Gasteiger partial charge in [-0.15, -0.1) is 0 Å². The average Bonchev–Trinajstić information content (AvgIpc) is 1.82. The van der Waals surface area contributed by atoms with Crippen molar-refractivity contribution in [3.63, 3.8) is 0 Å². The summed E-state index contributed by atoms with van der Waals surface area (Å²) in [5.74, 6) is 0. The molecule has 1 fully saturated rings. The number of piperidine rings is 1. The van der Waals surface area contributed by atoms with Crippen molar-refractivity contribution in [2.24, 2.45) is 11.1 Å². The molecule has 0 aromatic carbocycles. The van der Waals surface area contributed by atoms with E-state index in [0.29, 0.717) is 0 Å². The Morgan fingerprint density at radius 3 is 2.58 bits per heavy atom. The van der Waals surface area contributed by atoms with Gasteiger partial charge in [-0.1, -0.05) is 26.7 Å². The Hall–Kier alpha value is 0.230. The van der Waals surface area contributed by atoms with Crippen molar-refractivity contribution in [2.45, 2.75) is 26.0 Å². The molecule has 12 heavy (non-hydrogen) atoms. The van der Waals surface area contributed by atoms with Crippen molar-refractivity contribution in [2.75, 3.05) is 20.2 Å². The molecular formula is C8H18N2OS. The summed E-state index contributed by atoms with van der Waals surface area (Å²) in [5, 5.41) is 0. The fourth-order valence-electron chi connectivity index (χ4n) is 2.04. The number of hydrogen-bond acceptors (Lipinski definition) is 4. The number of nitrogens with zero attached hydrogens (tertiary/aromatic N) is 1. The van der Waals surface area contributed by atoms with Gasteiger partial charge < -0.3 is 10.5 Å². The molecule has 0 amide bonds. The van der Waals surface area contributed by atoms with E-state index in [1.807, 2.05) is 4.31 Å². The lowest BCUT2D eigenvalue weighted by Crippen LogP contribution is -2.58. The molecule has 2 atom stereocenters. The molecule has 0 saturated carbocycles. The smallest absolute Gasteiger partial charge is 0.0798 e. The molecule has 1 aliphatic rings. The Labute approximate surface area is 79.8 Å². The van der Waals surface area contributed by atoms with E-state index < -0.39 is 0 Å². The van der Waals surface area contributed by atoms with Crippen LogP contribution in [0.5, 0.6) is 0 Å². The Kier molecular flexibility index (Phi) is 3.04. The third-order valence-electron chi connectivity index (χ3n) is 2.42. The fourth-order valence-corrected chi connectivity index (χ4v) is 2.59. The van der Waals surface area contributed by atoms with Crippen molar-refractivity contribution in [1.82, 2.24) is 4.31 Å². The lowest BCUT2D eigenvalue weighted by Gasteiger charge is -2.44. The molecule has 0 aromatic heterocycles. The van der Waals surface area contributed by atoms with Gasteiger partial charge in [0.05, 0.1) is 6.10 Å². The van der Waals surface area contributed by atoms with Gasteiger partial charge in [0.1, 0.15) is 0 Å². The normalized spacial score (nSPS) is 36.8. The van der Waals surface area contributed by atoms with E-state index in [1.54, 1.807) is 7.11 Å². The van der Waals surface area contributed by atoms with Crippen molar-refractivity contribution in [1.29, 1.82) is 0 Å². The van der Waals surface area contributed by atoms with Gasteiger partial charge in [0.2, 0.25) is 0 Å². The Morgan fingerprint density at radius 1 is 1.58 bits per heavy atom. The molecule has 1 rings (SSSR count). The summed E-state index contributed by atoms with van der Waals surface area (Å²) < 4.78 is 7.34. The zero-order chi connectivity index (χ0) is 9.35. The number of hydrogen-bond donors (Lipinski definition) is 2. The van der Waals surface area contributed by atoms with Crippen LogP contribution >= 0.6 is 12.8 Å². The van der Waals surface area contributed by atoms with Gasteiger partial charge >= 0.3 is 0 Å². The number of methoxy groups -OCH3 is 1. The van der Waals surface area contributed by atoms with Crippen molar-refractivity contribution in [3.8, 4) is 0 Å². The van der Waals surface area contributed by atoms with Crippen LogP contribution < -0.4 is 5.73 Å². The van der Waals surface area contributed by atoms with Crippen LogP contribution in [0.1, 0.15) is 13.8 Å². The maximum Gasteiger partial charge on any atom is 0.0798 e. The molecule has 0 aromatic rings. The van der Waals surface area contributed by atoms with Crippen LogP contribution in [0.2, 0.25) is 0 Å². The molecule has 72 valence electrons. The first kappa shape index (κ1) is 10.3. The van der Waals surface area contributed by atoms with Gasteiger partial charge in [0.25, 0.3) is 0 Å². The summed E-state index contributed by atoms with van der Waals surface area (Å²) in [6.07, 6.45) is 0.140. The van der Waals surface area contributed by atoms with E-state index >= 15 is 0 Å². The third-order valence-corrected chi connectivity index (χ3v) is 2.73. The summed E-state index contributed by atoms with van der Waals surface area (Å²) in [6, 6.07) is 0.0660. The van der Waals surface area contributed by atoms with Gasteiger partial charge in [-0.25, -0.2) is 0 Å². The topological polar surface area (TPSA) is 38.5 Å². The quantitative estimate of drug-likeness (QED) is 0.592. The largest absolute Gasteiger partial charge is 0.379 e. The van der Waals surface area contributed by atoms with Crippen LogP contribution in [0.3, 0.4) is 0 Å². The zero-order valence-electron chi connectivity index (χ0n) is 7.95. The second kappa shape index (κ2) is 3.54. The maximum atomic E-state index is 5.94. The van der Waals surface area contributed by atoms with Gasteiger partial charge in [0, 0.05) is 31.7 Å². The summed E-state index contributed by atoms with van der Waals surface area (Å²) in [5.41, 5.74) is 6.03. The molecule has 3 nitrogen and oxygen atoms in total. The SMILES string of the molecule is COC1C(N)CN(S)CC1(C)C. The summed E-state index contributed by atoms with van der Waals surface area (Å²) in [6.45, 7) is 6.03. The van der Waals surface area contributed by atoms with Crippen molar-refractivity contribution < 1.29 is 4.74 Å². The standard InChI is InChI=1S/C8H18N2OS/c1-8(2)5-10(12)4-6(9)7(8)11-3/h6-7,12H,4-5,9H2,1-3H3. The second-order valence-electron chi connectivity index (χ2n) is 4.16. The van der Waals surface area contributed by atoms with Crippen LogP contribution in [-0.2, 0) is 4.74 Å². The summed E-state index contributed by atoms with van der Waals surface area (Å²) in [7, 11) is 1.72. The minimum Gasteiger partial charge on any atom is -0.379 e. The predicted octanol–water partition coefficient (Wildman–Crippen LogP) is 0.515. The Bertz CT molecular complexity index is 163. The average molecular weight is 190 g/mol.